The summed E-state index contributed by atoms with van der Waals surface area (Å²) in [6, 6.07) is 17.6. The van der Waals surface area contributed by atoms with Gasteiger partial charge in [0.15, 0.2) is 0 Å². The number of nitrogens with one attached hydrogen (secondary N) is 2. The number of carbonyl (C=O) groups excluding carboxylic acids is 1. The Morgan fingerprint density at radius 3 is 2.35 bits per heavy atom. The minimum Gasteiger partial charge on any atom is -0.487 e. The van der Waals surface area contributed by atoms with E-state index >= 15 is 0 Å². The Kier molecular flexibility index (Phi) is 5.63. The van der Waals surface area contributed by atoms with Crippen LogP contribution >= 0.6 is 0 Å². The lowest BCUT2D eigenvalue weighted by Crippen LogP contribution is -2.43. The van der Waals surface area contributed by atoms with Crippen molar-refractivity contribution in [2.45, 2.75) is 32.9 Å². The van der Waals surface area contributed by atoms with Crippen LogP contribution in [0, 0.1) is 0 Å². The third kappa shape index (κ3) is 6.02. The molecule has 122 valence electrons. The smallest absolute Gasteiger partial charge is 0.239 e. The molecule has 4 nitrogen and oxygen atoms in total. The summed E-state index contributed by atoms with van der Waals surface area (Å²) in [5.74, 6) is 0.690. The average molecular weight is 312 g/mol. The second-order valence-corrected chi connectivity index (χ2v) is 6.42. The van der Waals surface area contributed by atoms with Crippen molar-refractivity contribution < 1.29 is 9.53 Å². The van der Waals surface area contributed by atoms with Crippen molar-refractivity contribution in [3.05, 3.63) is 60.2 Å². The molecule has 0 bridgehead atoms. The predicted molar refractivity (Wildman–Crippen MR) is 93.6 cm³/mol. The number of rotatable bonds is 6. The number of hydrogen-bond donors (Lipinski definition) is 2. The Morgan fingerprint density at radius 2 is 1.65 bits per heavy atom. The highest BCUT2D eigenvalue weighted by Crippen LogP contribution is 2.24. The summed E-state index contributed by atoms with van der Waals surface area (Å²) in [4.78, 5) is 11.9. The number of ether oxygens (including phenoxy) is 1. The van der Waals surface area contributed by atoms with Crippen LogP contribution in [0.4, 0.5) is 5.69 Å². The highest BCUT2D eigenvalue weighted by atomic mass is 16.5. The standard InChI is InChI=1S/C19H24N2O2/c1-19(2,3)21-18(22)13-20-16-11-7-8-12-17(16)23-14-15-9-5-4-6-10-15/h4-12,20H,13-14H2,1-3H3,(H,21,22). The van der Waals surface area contributed by atoms with Crippen LogP contribution in [-0.2, 0) is 11.4 Å². The van der Waals surface area contributed by atoms with Crippen molar-refractivity contribution in [3.63, 3.8) is 0 Å². The first-order chi connectivity index (χ1) is 10.9. The molecule has 2 aromatic carbocycles. The van der Waals surface area contributed by atoms with Gasteiger partial charge in [0.1, 0.15) is 12.4 Å². The molecule has 0 aromatic heterocycles. The van der Waals surface area contributed by atoms with E-state index in [4.69, 9.17) is 4.74 Å². The van der Waals surface area contributed by atoms with E-state index in [1.165, 1.54) is 0 Å². The van der Waals surface area contributed by atoms with Gasteiger partial charge in [-0.25, -0.2) is 0 Å². The van der Waals surface area contributed by atoms with Gasteiger partial charge in [0.05, 0.1) is 12.2 Å². The van der Waals surface area contributed by atoms with E-state index in [-0.39, 0.29) is 18.0 Å². The summed E-state index contributed by atoms with van der Waals surface area (Å²) in [7, 11) is 0. The lowest BCUT2D eigenvalue weighted by molar-refractivity contribution is -0.120. The second-order valence-electron chi connectivity index (χ2n) is 6.42. The molecule has 2 rings (SSSR count). The number of carbonyl (C=O) groups is 1. The summed E-state index contributed by atoms with van der Waals surface area (Å²) in [6.07, 6.45) is 0. The molecule has 1 amide bonds. The van der Waals surface area contributed by atoms with Crippen LogP contribution in [0.3, 0.4) is 0 Å². The molecule has 0 saturated heterocycles. The van der Waals surface area contributed by atoms with Gasteiger partial charge in [0.2, 0.25) is 5.91 Å². The van der Waals surface area contributed by atoms with Crippen LogP contribution in [-0.4, -0.2) is 18.0 Å². The van der Waals surface area contributed by atoms with Gasteiger partial charge in [-0.3, -0.25) is 4.79 Å². The molecule has 23 heavy (non-hydrogen) atoms. The van der Waals surface area contributed by atoms with Crippen molar-refractivity contribution in [3.8, 4) is 5.75 Å². The van der Waals surface area contributed by atoms with Crippen LogP contribution in [0.1, 0.15) is 26.3 Å². The van der Waals surface area contributed by atoms with Crippen molar-refractivity contribution in [2.75, 3.05) is 11.9 Å². The van der Waals surface area contributed by atoms with E-state index < -0.39 is 0 Å². The van der Waals surface area contributed by atoms with Gasteiger partial charge >= 0.3 is 0 Å². The van der Waals surface area contributed by atoms with Crippen molar-refractivity contribution in [1.29, 1.82) is 0 Å². The fraction of sp³-hybridized carbons (Fsp3) is 0.316. The Labute approximate surface area is 137 Å². The molecule has 2 N–H and O–H groups in total. The summed E-state index contributed by atoms with van der Waals surface area (Å²) in [5.41, 5.74) is 1.68. The molecule has 0 unspecified atom stereocenters. The van der Waals surface area contributed by atoms with Gasteiger partial charge in [-0.05, 0) is 38.5 Å². The Bertz CT molecular complexity index is 633. The third-order valence-electron chi connectivity index (χ3n) is 3.08. The highest BCUT2D eigenvalue weighted by molar-refractivity contribution is 5.81. The van der Waals surface area contributed by atoms with Crippen LogP contribution in [0.15, 0.2) is 54.6 Å². The normalized spacial score (nSPS) is 10.9. The predicted octanol–water partition coefficient (Wildman–Crippen LogP) is 3.59. The quantitative estimate of drug-likeness (QED) is 0.857. The summed E-state index contributed by atoms with van der Waals surface area (Å²) in [5, 5.41) is 6.06. The highest BCUT2D eigenvalue weighted by Gasteiger charge is 2.13. The number of amides is 1. The largest absolute Gasteiger partial charge is 0.487 e. The molecule has 0 aliphatic heterocycles. The molecule has 2 aromatic rings. The molecule has 0 atom stereocenters. The lowest BCUT2D eigenvalue weighted by Gasteiger charge is -2.21. The summed E-state index contributed by atoms with van der Waals surface area (Å²) >= 11 is 0. The molecule has 0 aliphatic carbocycles. The van der Waals surface area contributed by atoms with Crippen LogP contribution in [0.5, 0.6) is 5.75 Å². The van der Waals surface area contributed by atoms with Gasteiger partial charge < -0.3 is 15.4 Å². The van der Waals surface area contributed by atoms with Gasteiger partial charge in [-0.15, -0.1) is 0 Å². The summed E-state index contributed by atoms with van der Waals surface area (Å²) < 4.78 is 5.86. The van der Waals surface area contributed by atoms with Crippen molar-refractivity contribution >= 4 is 11.6 Å². The first-order valence-electron chi connectivity index (χ1n) is 7.75. The fourth-order valence-corrected chi connectivity index (χ4v) is 2.11. The first kappa shape index (κ1) is 16.9. The van der Waals surface area contributed by atoms with Crippen molar-refractivity contribution in [2.24, 2.45) is 0 Å². The fourth-order valence-electron chi connectivity index (χ4n) is 2.11. The van der Waals surface area contributed by atoms with Crippen LogP contribution in [0.2, 0.25) is 0 Å². The molecule has 0 saturated carbocycles. The van der Waals surface area contributed by atoms with E-state index in [9.17, 15) is 4.79 Å². The summed E-state index contributed by atoms with van der Waals surface area (Å²) in [6.45, 7) is 6.59. The van der Waals surface area contributed by atoms with Gasteiger partial charge in [-0.2, -0.15) is 0 Å². The van der Waals surface area contributed by atoms with Crippen LogP contribution in [0.25, 0.3) is 0 Å². The molecule has 0 fully saturated rings. The molecule has 0 aliphatic rings. The van der Waals surface area contributed by atoms with Gasteiger partial charge in [-0.1, -0.05) is 42.5 Å². The zero-order chi connectivity index (χ0) is 16.7. The van der Waals surface area contributed by atoms with E-state index in [0.29, 0.717) is 6.61 Å². The lowest BCUT2D eigenvalue weighted by atomic mass is 10.1. The molecular weight excluding hydrogens is 288 g/mol. The Balaban J connectivity index is 1.93. The zero-order valence-corrected chi connectivity index (χ0v) is 13.9. The number of benzene rings is 2. The van der Waals surface area contributed by atoms with Crippen molar-refractivity contribution in [1.82, 2.24) is 5.32 Å². The van der Waals surface area contributed by atoms with Gasteiger partial charge in [0, 0.05) is 5.54 Å². The molecular formula is C19H24N2O2. The maximum Gasteiger partial charge on any atom is 0.239 e. The van der Waals surface area contributed by atoms with Crippen LogP contribution < -0.4 is 15.4 Å². The molecule has 4 heteroatoms. The zero-order valence-electron chi connectivity index (χ0n) is 13.9. The second kappa shape index (κ2) is 7.68. The minimum atomic E-state index is -0.234. The number of anilines is 1. The number of para-hydroxylation sites is 2. The molecule has 0 spiro atoms. The monoisotopic (exact) mass is 312 g/mol. The van der Waals surface area contributed by atoms with E-state index in [1.807, 2.05) is 75.4 Å². The first-order valence-corrected chi connectivity index (χ1v) is 7.75. The maximum absolute atomic E-state index is 11.9. The number of hydrogen-bond acceptors (Lipinski definition) is 3. The van der Waals surface area contributed by atoms with E-state index in [1.54, 1.807) is 0 Å². The average Bonchev–Trinajstić information content (AvgIpc) is 2.51. The topological polar surface area (TPSA) is 50.4 Å². The minimum absolute atomic E-state index is 0.0460. The SMILES string of the molecule is CC(C)(C)NC(=O)CNc1ccccc1OCc1ccccc1. The van der Waals surface area contributed by atoms with E-state index in [0.717, 1.165) is 17.0 Å². The third-order valence-corrected chi connectivity index (χ3v) is 3.08. The molecule has 0 heterocycles. The Hall–Kier alpha value is -2.49. The van der Waals surface area contributed by atoms with Gasteiger partial charge in [0.25, 0.3) is 0 Å². The van der Waals surface area contributed by atoms with E-state index in [2.05, 4.69) is 10.6 Å². The molecule has 0 radical (unpaired) electrons. The Morgan fingerprint density at radius 1 is 1.00 bits per heavy atom. The maximum atomic E-state index is 11.9.